The molecule has 1 aromatic rings. The molecule has 0 spiro atoms. The second kappa shape index (κ2) is 7.75. The average Bonchev–Trinajstić information content (AvgIpc) is 2.45. The summed E-state index contributed by atoms with van der Waals surface area (Å²) in [5, 5.41) is 12.7. The standard InChI is InChI=1S/C15H24N2O3/c1-4-10(5-2)14(18)9-17-15(19)11-6-12(16)8-13(7-11)20-3/h6-8,10,14,18H,4-5,9,16H2,1-3H3,(H,17,19). The van der Waals surface area contributed by atoms with Crippen LogP contribution >= 0.6 is 0 Å². The summed E-state index contributed by atoms with van der Waals surface area (Å²) in [5.41, 5.74) is 6.61. The molecule has 5 nitrogen and oxygen atoms in total. The van der Waals surface area contributed by atoms with Gasteiger partial charge in [-0.1, -0.05) is 26.7 Å². The van der Waals surface area contributed by atoms with Gasteiger partial charge in [0.2, 0.25) is 0 Å². The maximum atomic E-state index is 12.0. The number of amides is 1. The minimum absolute atomic E-state index is 0.200. The van der Waals surface area contributed by atoms with Crippen molar-refractivity contribution in [3.63, 3.8) is 0 Å². The zero-order valence-electron chi connectivity index (χ0n) is 12.3. The summed E-state index contributed by atoms with van der Waals surface area (Å²) in [6.07, 6.45) is 1.25. The lowest BCUT2D eigenvalue weighted by Crippen LogP contribution is -2.36. The molecule has 1 atom stereocenters. The Morgan fingerprint density at radius 2 is 2.00 bits per heavy atom. The largest absolute Gasteiger partial charge is 0.497 e. The monoisotopic (exact) mass is 280 g/mol. The van der Waals surface area contributed by atoms with Crippen molar-refractivity contribution in [3.8, 4) is 5.75 Å². The van der Waals surface area contributed by atoms with Crippen molar-refractivity contribution >= 4 is 11.6 Å². The van der Waals surface area contributed by atoms with E-state index >= 15 is 0 Å². The summed E-state index contributed by atoms with van der Waals surface area (Å²) >= 11 is 0. The third kappa shape index (κ3) is 4.42. The number of carbonyl (C=O) groups is 1. The van der Waals surface area contributed by atoms with E-state index in [1.807, 2.05) is 13.8 Å². The lowest BCUT2D eigenvalue weighted by molar-refractivity contribution is 0.0816. The Labute approximate surface area is 120 Å². The molecule has 0 heterocycles. The molecule has 20 heavy (non-hydrogen) atoms. The molecule has 0 aliphatic rings. The van der Waals surface area contributed by atoms with Gasteiger partial charge in [-0.15, -0.1) is 0 Å². The van der Waals surface area contributed by atoms with E-state index in [2.05, 4.69) is 5.32 Å². The average molecular weight is 280 g/mol. The summed E-state index contributed by atoms with van der Waals surface area (Å²) in [5.74, 6) is 0.474. The normalized spacial score (nSPS) is 12.2. The third-order valence-corrected chi connectivity index (χ3v) is 3.49. The Hall–Kier alpha value is -1.75. The molecule has 5 heteroatoms. The van der Waals surface area contributed by atoms with E-state index in [1.54, 1.807) is 18.2 Å². The van der Waals surface area contributed by atoms with Gasteiger partial charge in [0, 0.05) is 23.9 Å². The smallest absolute Gasteiger partial charge is 0.251 e. The predicted molar refractivity (Wildman–Crippen MR) is 79.8 cm³/mol. The van der Waals surface area contributed by atoms with Gasteiger partial charge in [-0.2, -0.15) is 0 Å². The van der Waals surface area contributed by atoms with Gasteiger partial charge in [0.15, 0.2) is 0 Å². The van der Waals surface area contributed by atoms with Crippen LogP contribution in [0.25, 0.3) is 0 Å². The van der Waals surface area contributed by atoms with Crippen LogP contribution in [0.5, 0.6) is 5.75 Å². The number of hydrogen-bond donors (Lipinski definition) is 3. The summed E-state index contributed by atoms with van der Waals surface area (Å²) in [6.45, 7) is 4.30. The van der Waals surface area contributed by atoms with Gasteiger partial charge < -0.3 is 20.9 Å². The lowest BCUT2D eigenvalue weighted by Gasteiger charge is -2.20. The van der Waals surface area contributed by atoms with Crippen molar-refractivity contribution in [2.45, 2.75) is 32.8 Å². The molecule has 0 aliphatic heterocycles. The first-order valence-corrected chi connectivity index (χ1v) is 6.92. The molecule has 4 N–H and O–H groups in total. The Morgan fingerprint density at radius 1 is 1.35 bits per heavy atom. The summed E-state index contributed by atoms with van der Waals surface area (Å²) in [6, 6.07) is 4.85. The molecule has 0 aromatic heterocycles. The van der Waals surface area contributed by atoms with E-state index in [1.165, 1.54) is 7.11 Å². The van der Waals surface area contributed by atoms with Crippen LogP contribution in [0.2, 0.25) is 0 Å². The van der Waals surface area contributed by atoms with E-state index in [0.29, 0.717) is 17.0 Å². The molecule has 0 aliphatic carbocycles. The number of nitrogens with two attached hydrogens (primary N) is 1. The quantitative estimate of drug-likeness (QED) is 0.665. The number of rotatable bonds is 7. The van der Waals surface area contributed by atoms with Gasteiger partial charge in [0.25, 0.3) is 5.91 Å². The third-order valence-electron chi connectivity index (χ3n) is 3.49. The highest BCUT2D eigenvalue weighted by Gasteiger charge is 2.17. The van der Waals surface area contributed by atoms with Gasteiger partial charge in [-0.25, -0.2) is 0 Å². The van der Waals surface area contributed by atoms with Crippen LogP contribution in [-0.2, 0) is 0 Å². The highest BCUT2D eigenvalue weighted by molar-refractivity contribution is 5.95. The van der Waals surface area contributed by atoms with Crippen molar-refractivity contribution in [1.29, 1.82) is 0 Å². The Morgan fingerprint density at radius 3 is 2.55 bits per heavy atom. The molecule has 1 aromatic carbocycles. The number of carbonyl (C=O) groups excluding carboxylic acids is 1. The first kappa shape index (κ1) is 16.3. The summed E-state index contributed by atoms with van der Waals surface area (Å²) in [7, 11) is 1.52. The molecule has 1 unspecified atom stereocenters. The number of benzene rings is 1. The van der Waals surface area contributed by atoms with E-state index in [0.717, 1.165) is 12.8 Å². The van der Waals surface area contributed by atoms with E-state index in [4.69, 9.17) is 10.5 Å². The molecule has 1 amide bonds. The molecule has 0 bridgehead atoms. The number of anilines is 1. The first-order chi connectivity index (χ1) is 9.51. The fourth-order valence-corrected chi connectivity index (χ4v) is 2.17. The molecule has 0 saturated heterocycles. The molecule has 1 rings (SSSR count). The second-order valence-corrected chi connectivity index (χ2v) is 4.85. The van der Waals surface area contributed by atoms with Crippen LogP contribution in [0, 0.1) is 5.92 Å². The minimum atomic E-state index is -0.531. The molecule has 0 fully saturated rings. The van der Waals surface area contributed by atoms with Gasteiger partial charge in [-0.3, -0.25) is 4.79 Å². The van der Waals surface area contributed by atoms with Gasteiger partial charge >= 0.3 is 0 Å². The highest BCUT2D eigenvalue weighted by Crippen LogP contribution is 2.18. The molecular formula is C15H24N2O3. The maximum Gasteiger partial charge on any atom is 0.251 e. The van der Waals surface area contributed by atoms with Crippen molar-refractivity contribution in [2.75, 3.05) is 19.4 Å². The fourth-order valence-electron chi connectivity index (χ4n) is 2.17. The van der Waals surface area contributed by atoms with E-state index < -0.39 is 6.10 Å². The fraction of sp³-hybridized carbons (Fsp3) is 0.533. The van der Waals surface area contributed by atoms with Crippen LogP contribution in [0.3, 0.4) is 0 Å². The van der Waals surface area contributed by atoms with E-state index in [-0.39, 0.29) is 18.4 Å². The minimum Gasteiger partial charge on any atom is -0.497 e. The number of nitrogen functional groups attached to an aromatic ring is 1. The van der Waals surface area contributed by atoms with Crippen LogP contribution in [-0.4, -0.2) is 30.8 Å². The first-order valence-electron chi connectivity index (χ1n) is 6.92. The van der Waals surface area contributed by atoms with Gasteiger partial charge in [0.1, 0.15) is 5.75 Å². The molecule has 0 radical (unpaired) electrons. The zero-order valence-corrected chi connectivity index (χ0v) is 12.3. The van der Waals surface area contributed by atoms with Crippen LogP contribution in [0.4, 0.5) is 5.69 Å². The molecular weight excluding hydrogens is 256 g/mol. The van der Waals surface area contributed by atoms with Crippen LogP contribution in [0.1, 0.15) is 37.0 Å². The number of aliphatic hydroxyl groups excluding tert-OH is 1. The number of hydrogen-bond acceptors (Lipinski definition) is 4. The van der Waals surface area contributed by atoms with Crippen LogP contribution < -0.4 is 15.8 Å². The van der Waals surface area contributed by atoms with Crippen molar-refractivity contribution in [3.05, 3.63) is 23.8 Å². The molecule has 0 saturated carbocycles. The summed E-state index contributed by atoms with van der Waals surface area (Å²) < 4.78 is 5.08. The number of nitrogens with one attached hydrogen (secondary N) is 1. The SMILES string of the molecule is CCC(CC)C(O)CNC(=O)c1cc(N)cc(OC)c1. The maximum absolute atomic E-state index is 12.0. The number of methoxy groups -OCH3 is 1. The molecule has 112 valence electrons. The highest BCUT2D eigenvalue weighted by atomic mass is 16.5. The predicted octanol–water partition coefficient (Wildman–Crippen LogP) is 1.80. The van der Waals surface area contributed by atoms with Crippen LogP contribution in [0.15, 0.2) is 18.2 Å². The van der Waals surface area contributed by atoms with Crippen molar-refractivity contribution < 1.29 is 14.6 Å². The Kier molecular flexibility index (Phi) is 6.31. The van der Waals surface area contributed by atoms with Gasteiger partial charge in [-0.05, 0) is 18.1 Å². The second-order valence-electron chi connectivity index (χ2n) is 4.85. The number of ether oxygens (including phenoxy) is 1. The Bertz CT molecular complexity index is 445. The Balaban J connectivity index is 2.65. The number of aliphatic hydroxyl groups is 1. The van der Waals surface area contributed by atoms with Crippen molar-refractivity contribution in [2.24, 2.45) is 5.92 Å². The zero-order chi connectivity index (χ0) is 15.1. The van der Waals surface area contributed by atoms with Crippen molar-refractivity contribution in [1.82, 2.24) is 5.32 Å². The summed E-state index contributed by atoms with van der Waals surface area (Å²) in [4.78, 5) is 12.0. The topological polar surface area (TPSA) is 84.6 Å². The lowest BCUT2D eigenvalue weighted by atomic mass is 9.96. The van der Waals surface area contributed by atoms with Gasteiger partial charge in [0.05, 0.1) is 13.2 Å². The van der Waals surface area contributed by atoms with E-state index in [9.17, 15) is 9.90 Å².